The highest BCUT2D eigenvalue weighted by Gasteiger charge is 2.07. The van der Waals surface area contributed by atoms with Gasteiger partial charge in [0.1, 0.15) is 5.82 Å². The van der Waals surface area contributed by atoms with Crippen molar-refractivity contribution in [2.45, 2.75) is 45.1 Å². The molecule has 0 aromatic heterocycles. The first-order valence-electron chi connectivity index (χ1n) is 5.83. The van der Waals surface area contributed by atoms with E-state index >= 15 is 0 Å². The van der Waals surface area contributed by atoms with Gasteiger partial charge in [-0.25, -0.2) is 4.39 Å². The fourth-order valence-electron chi connectivity index (χ4n) is 1.83. The van der Waals surface area contributed by atoms with Crippen LogP contribution in [0.5, 0.6) is 0 Å². The first kappa shape index (κ1) is 13.5. The van der Waals surface area contributed by atoms with Gasteiger partial charge >= 0.3 is 0 Å². The molecule has 0 saturated carbocycles. The van der Waals surface area contributed by atoms with Gasteiger partial charge in [-0.1, -0.05) is 31.0 Å². The zero-order chi connectivity index (χ0) is 12.0. The maximum atomic E-state index is 13.4. The molecule has 1 nitrogen and oxygen atoms in total. The highest BCUT2D eigenvalue weighted by Crippen LogP contribution is 2.21. The van der Waals surface area contributed by atoms with Crippen molar-refractivity contribution < 1.29 is 4.39 Å². The van der Waals surface area contributed by atoms with E-state index in [2.05, 4.69) is 6.92 Å². The molecule has 0 heterocycles. The van der Waals surface area contributed by atoms with Crippen molar-refractivity contribution in [3.63, 3.8) is 0 Å². The van der Waals surface area contributed by atoms with Crippen LogP contribution in [-0.4, -0.2) is 6.04 Å². The van der Waals surface area contributed by atoms with E-state index in [4.69, 9.17) is 17.3 Å². The second kappa shape index (κ2) is 6.87. The van der Waals surface area contributed by atoms with Gasteiger partial charge in [0, 0.05) is 16.6 Å². The fraction of sp³-hybridized carbons (Fsp3) is 0.538. The van der Waals surface area contributed by atoms with Crippen molar-refractivity contribution >= 4 is 11.6 Å². The first-order chi connectivity index (χ1) is 7.65. The van der Waals surface area contributed by atoms with Crippen molar-refractivity contribution in [1.82, 2.24) is 0 Å². The standard InChI is InChI=1S/C13H19ClFN/c1-2-5-10(16)6-3-7-11-12(14)8-4-9-13(11)15/h4,8-10H,2-3,5-7,16H2,1H3. The topological polar surface area (TPSA) is 26.0 Å². The molecule has 1 aromatic carbocycles. The van der Waals surface area contributed by atoms with Gasteiger partial charge in [-0.15, -0.1) is 0 Å². The average molecular weight is 244 g/mol. The number of hydrogen-bond acceptors (Lipinski definition) is 1. The van der Waals surface area contributed by atoms with Gasteiger partial charge in [0.15, 0.2) is 0 Å². The molecule has 0 saturated heterocycles. The summed E-state index contributed by atoms with van der Waals surface area (Å²) in [4.78, 5) is 0. The number of halogens is 2. The Labute approximate surface area is 102 Å². The van der Waals surface area contributed by atoms with E-state index in [1.54, 1.807) is 12.1 Å². The molecule has 0 aliphatic rings. The lowest BCUT2D eigenvalue weighted by molar-refractivity contribution is 0.531. The average Bonchev–Trinajstić information content (AvgIpc) is 2.23. The summed E-state index contributed by atoms with van der Waals surface area (Å²) >= 11 is 5.93. The van der Waals surface area contributed by atoms with Crippen LogP contribution in [0.2, 0.25) is 5.02 Å². The quantitative estimate of drug-likeness (QED) is 0.805. The summed E-state index contributed by atoms with van der Waals surface area (Å²) in [5, 5.41) is 0.518. The Bertz CT molecular complexity index is 307. The van der Waals surface area contributed by atoms with E-state index in [-0.39, 0.29) is 11.9 Å². The smallest absolute Gasteiger partial charge is 0.127 e. The molecule has 1 rings (SSSR count). The largest absolute Gasteiger partial charge is 0.328 e. The summed E-state index contributed by atoms with van der Waals surface area (Å²) < 4.78 is 13.4. The summed E-state index contributed by atoms with van der Waals surface area (Å²) in [6.07, 6.45) is 4.62. The zero-order valence-electron chi connectivity index (χ0n) is 9.68. The van der Waals surface area contributed by atoms with E-state index in [9.17, 15) is 4.39 Å². The predicted octanol–water partition coefficient (Wildman–Crippen LogP) is 3.93. The van der Waals surface area contributed by atoms with Crippen molar-refractivity contribution in [3.05, 3.63) is 34.6 Å². The molecule has 0 amide bonds. The van der Waals surface area contributed by atoms with Gasteiger partial charge in [-0.3, -0.25) is 0 Å². The second-order valence-electron chi connectivity index (χ2n) is 4.14. The summed E-state index contributed by atoms with van der Waals surface area (Å²) in [6.45, 7) is 2.12. The Morgan fingerprint density at radius 2 is 2.12 bits per heavy atom. The van der Waals surface area contributed by atoms with E-state index in [1.807, 2.05) is 0 Å². The van der Waals surface area contributed by atoms with Gasteiger partial charge < -0.3 is 5.73 Å². The Balaban J connectivity index is 2.43. The maximum Gasteiger partial charge on any atom is 0.127 e. The van der Waals surface area contributed by atoms with Crippen molar-refractivity contribution in [2.24, 2.45) is 5.73 Å². The van der Waals surface area contributed by atoms with Gasteiger partial charge in [0.05, 0.1) is 0 Å². The zero-order valence-corrected chi connectivity index (χ0v) is 10.4. The molecule has 3 heteroatoms. The van der Waals surface area contributed by atoms with Crippen LogP contribution in [0, 0.1) is 5.82 Å². The number of rotatable bonds is 6. The van der Waals surface area contributed by atoms with Crippen molar-refractivity contribution in [3.8, 4) is 0 Å². The monoisotopic (exact) mass is 243 g/mol. The Morgan fingerprint density at radius 3 is 2.75 bits per heavy atom. The molecule has 0 spiro atoms. The van der Waals surface area contributed by atoms with Crippen LogP contribution >= 0.6 is 11.6 Å². The molecule has 90 valence electrons. The highest BCUT2D eigenvalue weighted by molar-refractivity contribution is 6.31. The molecule has 0 aliphatic carbocycles. The molecule has 0 aliphatic heterocycles. The van der Waals surface area contributed by atoms with Crippen LogP contribution in [0.1, 0.15) is 38.2 Å². The fourth-order valence-corrected chi connectivity index (χ4v) is 2.08. The predicted molar refractivity (Wildman–Crippen MR) is 67.2 cm³/mol. The molecule has 0 fully saturated rings. The minimum Gasteiger partial charge on any atom is -0.328 e. The summed E-state index contributed by atoms with van der Waals surface area (Å²) in [5.41, 5.74) is 6.52. The summed E-state index contributed by atoms with van der Waals surface area (Å²) in [7, 11) is 0. The van der Waals surface area contributed by atoms with Crippen LogP contribution in [0.15, 0.2) is 18.2 Å². The molecule has 0 radical (unpaired) electrons. The minimum atomic E-state index is -0.212. The second-order valence-corrected chi connectivity index (χ2v) is 4.55. The van der Waals surface area contributed by atoms with Crippen molar-refractivity contribution in [1.29, 1.82) is 0 Å². The summed E-state index contributed by atoms with van der Waals surface area (Å²) in [6, 6.07) is 5.04. The molecule has 2 N–H and O–H groups in total. The molecule has 1 aromatic rings. The van der Waals surface area contributed by atoms with Crippen LogP contribution < -0.4 is 5.73 Å². The van der Waals surface area contributed by atoms with E-state index in [0.717, 1.165) is 25.7 Å². The maximum absolute atomic E-state index is 13.4. The third-order valence-electron chi connectivity index (χ3n) is 2.72. The lowest BCUT2D eigenvalue weighted by Crippen LogP contribution is -2.19. The number of nitrogens with two attached hydrogens (primary N) is 1. The van der Waals surface area contributed by atoms with Crippen LogP contribution in [-0.2, 0) is 6.42 Å². The minimum absolute atomic E-state index is 0.212. The van der Waals surface area contributed by atoms with Crippen LogP contribution in [0.25, 0.3) is 0 Å². The normalized spacial score (nSPS) is 12.8. The van der Waals surface area contributed by atoms with Crippen molar-refractivity contribution in [2.75, 3.05) is 0 Å². The molecular formula is C13H19ClFN. The third-order valence-corrected chi connectivity index (χ3v) is 3.08. The van der Waals surface area contributed by atoms with Gasteiger partial charge in [-0.05, 0) is 37.8 Å². The van der Waals surface area contributed by atoms with Gasteiger partial charge in [-0.2, -0.15) is 0 Å². The Kier molecular flexibility index (Phi) is 5.78. The molecule has 16 heavy (non-hydrogen) atoms. The lowest BCUT2D eigenvalue weighted by Gasteiger charge is -2.10. The number of hydrogen-bond donors (Lipinski definition) is 1. The Hall–Kier alpha value is -0.600. The molecular weight excluding hydrogens is 225 g/mol. The van der Waals surface area contributed by atoms with E-state index in [1.165, 1.54) is 6.07 Å². The molecule has 1 unspecified atom stereocenters. The van der Waals surface area contributed by atoms with Gasteiger partial charge in [0.2, 0.25) is 0 Å². The molecule has 0 bridgehead atoms. The van der Waals surface area contributed by atoms with Crippen LogP contribution in [0.4, 0.5) is 4.39 Å². The Morgan fingerprint density at radius 1 is 1.38 bits per heavy atom. The first-order valence-corrected chi connectivity index (χ1v) is 6.21. The number of benzene rings is 1. The SMILES string of the molecule is CCCC(N)CCCc1c(F)cccc1Cl. The van der Waals surface area contributed by atoms with Crippen LogP contribution in [0.3, 0.4) is 0 Å². The highest BCUT2D eigenvalue weighted by atomic mass is 35.5. The third kappa shape index (κ3) is 4.11. The lowest BCUT2D eigenvalue weighted by atomic mass is 10.0. The summed E-state index contributed by atoms with van der Waals surface area (Å²) in [5.74, 6) is -0.212. The molecule has 1 atom stereocenters. The van der Waals surface area contributed by atoms with E-state index < -0.39 is 0 Å². The van der Waals surface area contributed by atoms with Gasteiger partial charge in [0.25, 0.3) is 0 Å². The van der Waals surface area contributed by atoms with E-state index in [0.29, 0.717) is 17.0 Å².